The Morgan fingerprint density at radius 3 is 2.65 bits per heavy atom. The van der Waals surface area contributed by atoms with E-state index in [4.69, 9.17) is 28.5 Å². The molecule has 0 radical (unpaired) electrons. The summed E-state index contributed by atoms with van der Waals surface area (Å²) in [5.41, 5.74) is 1.45. The normalized spacial score (nSPS) is 10.0. The lowest BCUT2D eigenvalue weighted by Crippen LogP contribution is -1.89. The molecule has 2 nitrogen and oxygen atoms in total. The van der Waals surface area contributed by atoms with Gasteiger partial charge in [-0.2, -0.15) is 5.26 Å². The highest BCUT2D eigenvalue weighted by molar-refractivity contribution is 6.31. The molecule has 2 rings (SSSR count). The van der Waals surface area contributed by atoms with Gasteiger partial charge in [0.05, 0.1) is 10.6 Å². The standard InChI is InChI=1S/C12H5Cl2FN2/c13-10-5-7(1-2-11(10)15)8-3-4-17-12(14)9(8)6-16/h1-5H. The number of halogens is 3. The van der Waals surface area contributed by atoms with E-state index < -0.39 is 5.82 Å². The third-order valence-corrected chi connectivity index (χ3v) is 2.82. The van der Waals surface area contributed by atoms with Crippen LogP contribution in [0.5, 0.6) is 0 Å². The van der Waals surface area contributed by atoms with Gasteiger partial charge in [-0.05, 0) is 23.8 Å². The van der Waals surface area contributed by atoms with E-state index in [1.54, 1.807) is 6.07 Å². The minimum atomic E-state index is -0.505. The van der Waals surface area contributed by atoms with Crippen molar-refractivity contribution in [2.75, 3.05) is 0 Å². The van der Waals surface area contributed by atoms with Gasteiger partial charge in [0, 0.05) is 11.8 Å². The molecular formula is C12H5Cl2FN2. The van der Waals surface area contributed by atoms with Gasteiger partial charge in [-0.15, -0.1) is 0 Å². The average molecular weight is 267 g/mol. The van der Waals surface area contributed by atoms with Crippen molar-refractivity contribution in [2.45, 2.75) is 0 Å². The summed E-state index contributed by atoms with van der Waals surface area (Å²) in [7, 11) is 0. The zero-order valence-corrected chi connectivity index (χ0v) is 9.93. The largest absolute Gasteiger partial charge is 0.243 e. The van der Waals surface area contributed by atoms with Crippen LogP contribution in [0.4, 0.5) is 4.39 Å². The first-order valence-electron chi connectivity index (χ1n) is 4.63. The van der Waals surface area contributed by atoms with Crippen molar-refractivity contribution in [2.24, 2.45) is 0 Å². The second-order valence-electron chi connectivity index (χ2n) is 3.27. The first-order chi connectivity index (χ1) is 8.13. The zero-order valence-electron chi connectivity index (χ0n) is 8.42. The molecule has 0 fully saturated rings. The van der Waals surface area contributed by atoms with Gasteiger partial charge in [-0.25, -0.2) is 9.37 Å². The van der Waals surface area contributed by atoms with Crippen molar-refractivity contribution in [3.05, 3.63) is 52.0 Å². The number of benzene rings is 1. The second-order valence-corrected chi connectivity index (χ2v) is 4.03. The number of pyridine rings is 1. The lowest BCUT2D eigenvalue weighted by Gasteiger charge is -2.05. The highest BCUT2D eigenvalue weighted by Gasteiger charge is 2.11. The molecule has 0 aliphatic heterocycles. The summed E-state index contributed by atoms with van der Waals surface area (Å²) < 4.78 is 13.0. The summed E-state index contributed by atoms with van der Waals surface area (Å²) in [5.74, 6) is -0.505. The van der Waals surface area contributed by atoms with E-state index in [9.17, 15) is 4.39 Å². The van der Waals surface area contributed by atoms with Gasteiger partial charge in [0.2, 0.25) is 0 Å². The Labute approximate surface area is 107 Å². The van der Waals surface area contributed by atoms with E-state index >= 15 is 0 Å². The van der Waals surface area contributed by atoms with Crippen molar-refractivity contribution in [3.8, 4) is 17.2 Å². The molecule has 0 bridgehead atoms. The number of hydrogen-bond acceptors (Lipinski definition) is 2. The molecule has 1 aromatic carbocycles. The highest BCUT2D eigenvalue weighted by Crippen LogP contribution is 2.29. The van der Waals surface area contributed by atoms with Crippen molar-refractivity contribution in [1.82, 2.24) is 4.98 Å². The summed E-state index contributed by atoms with van der Waals surface area (Å²) in [4.78, 5) is 3.81. The number of hydrogen-bond donors (Lipinski definition) is 0. The van der Waals surface area contributed by atoms with Crippen LogP contribution in [-0.2, 0) is 0 Å². The number of aromatic nitrogens is 1. The molecule has 0 N–H and O–H groups in total. The molecule has 0 saturated heterocycles. The van der Waals surface area contributed by atoms with Crippen LogP contribution in [0.2, 0.25) is 10.2 Å². The fourth-order valence-corrected chi connectivity index (χ4v) is 1.83. The van der Waals surface area contributed by atoms with Crippen molar-refractivity contribution >= 4 is 23.2 Å². The molecular weight excluding hydrogens is 262 g/mol. The zero-order chi connectivity index (χ0) is 12.4. The van der Waals surface area contributed by atoms with Crippen LogP contribution >= 0.6 is 23.2 Å². The molecule has 84 valence electrons. The lowest BCUT2D eigenvalue weighted by atomic mass is 10.0. The Hall–Kier alpha value is -1.63. The Morgan fingerprint density at radius 2 is 2.00 bits per heavy atom. The van der Waals surface area contributed by atoms with E-state index in [-0.39, 0.29) is 15.7 Å². The van der Waals surface area contributed by atoms with Crippen LogP contribution in [0.3, 0.4) is 0 Å². The van der Waals surface area contributed by atoms with Gasteiger partial charge in [0.25, 0.3) is 0 Å². The third kappa shape index (κ3) is 2.23. The van der Waals surface area contributed by atoms with Gasteiger partial charge in [-0.1, -0.05) is 29.3 Å². The first-order valence-corrected chi connectivity index (χ1v) is 5.39. The molecule has 0 saturated carbocycles. The molecule has 17 heavy (non-hydrogen) atoms. The molecule has 0 aliphatic rings. The number of rotatable bonds is 1. The molecule has 0 atom stereocenters. The van der Waals surface area contributed by atoms with E-state index in [0.29, 0.717) is 11.1 Å². The van der Waals surface area contributed by atoms with Gasteiger partial charge in [0.1, 0.15) is 17.0 Å². The van der Waals surface area contributed by atoms with Crippen molar-refractivity contribution in [1.29, 1.82) is 5.26 Å². The third-order valence-electron chi connectivity index (χ3n) is 2.25. The highest BCUT2D eigenvalue weighted by atomic mass is 35.5. The Balaban J connectivity index is 2.65. The molecule has 2 aromatic rings. The van der Waals surface area contributed by atoms with E-state index in [1.807, 2.05) is 6.07 Å². The number of nitrogens with zero attached hydrogens (tertiary/aromatic N) is 2. The van der Waals surface area contributed by atoms with E-state index in [2.05, 4.69) is 4.98 Å². The minimum absolute atomic E-state index is 0.000625. The minimum Gasteiger partial charge on any atom is -0.243 e. The number of nitriles is 1. The van der Waals surface area contributed by atoms with E-state index in [0.717, 1.165) is 0 Å². The van der Waals surface area contributed by atoms with Crippen LogP contribution in [0.25, 0.3) is 11.1 Å². The monoisotopic (exact) mass is 266 g/mol. The molecule has 0 aliphatic carbocycles. The van der Waals surface area contributed by atoms with Gasteiger partial charge < -0.3 is 0 Å². The topological polar surface area (TPSA) is 36.7 Å². The molecule has 0 spiro atoms. The second kappa shape index (κ2) is 4.70. The Kier molecular flexibility index (Phi) is 3.28. The summed E-state index contributed by atoms with van der Waals surface area (Å²) in [5, 5.41) is 9.12. The molecule has 1 aromatic heterocycles. The van der Waals surface area contributed by atoms with Crippen molar-refractivity contribution in [3.63, 3.8) is 0 Å². The first kappa shape index (κ1) is 11.8. The predicted molar refractivity (Wildman–Crippen MR) is 64.4 cm³/mol. The van der Waals surface area contributed by atoms with E-state index in [1.165, 1.54) is 24.4 Å². The quantitative estimate of drug-likeness (QED) is 0.730. The lowest BCUT2D eigenvalue weighted by molar-refractivity contribution is 0.628. The summed E-state index contributed by atoms with van der Waals surface area (Å²) in [6.07, 6.45) is 1.48. The molecule has 0 unspecified atom stereocenters. The summed E-state index contributed by atoms with van der Waals surface area (Å²) in [6.45, 7) is 0. The maximum atomic E-state index is 13.0. The summed E-state index contributed by atoms with van der Waals surface area (Å²) >= 11 is 11.5. The van der Waals surface area contributed by atoms with Crippen LogP contribution in [0.1, 0.15) is 5.56 Å². The smallest absolute Gasteiger partial charge is 0.147 e. The van der Waals surface area contributed by atoms with Gasteiger partial charge in [0.15, 0.2) is 0 Å². The average Bonchev–Trinajstić information content (AvgIpc) is 2.32. The van der Waals surface area contributed by atoms with Gasteiger partial charge >= 0.3 is 0 Å². The predicted octanol–water partition coefficient (Wildman–Crippen LogP) is 4.07. The summed E-state index contributed by atoms with van der Waals surface area (Å²) in [6, 6.07) is 7.82. The fraction of sp³-hybridized carbons (Fsp3) is 0. The fourth-order valence-electron chi connectivity index (χ4n) is 1.45. The maximum absolute atomic E-state index is 13.0. The maximum Gasteiger partial charge on any atom is 0.147 e. The van der Waals surface area contributed by atoms with Gasteiger partial charge in [-0.3, -0.25) is 0 Å². The van der Waals surface area contributed by atoms with Crippen molar-refractivity contribution < 1.29 is 4.39 Å². The van der Waals surface area contributed by atoms with Crippen LogP contribution < -0.4 is 0 Å². The Bertz CT molecular complexity index is 620. The Morgan fingerprint density at radius 1 is 1.24 bits per heavy atom. The molecule has 5 heteroatoms. The van der Waals surface area contributed by atoms with Crippen LogP contribution in [0, 0.1) is 17.1 Å². The SMILES string of the molecule is N#Cc1c(-c2ccc(F)c(Cl)c2)ccnc1Cl. The molecule has 0 amide bonds. The molecule has 1 heterocycles. The van der Waals surface area contributed by atoms with Crippen LogP contribution in [-0.4, -0.2) is 4.98 Å². The van der Waals surface area contributed by atoms with Crippen LogP contribution in [0.15, 0.2) is 30.5 Å².